The van der Waals surface area contributed by atoms with Gasteiger partial charge in [-0.25, -0.2) is 4.39 Å². The lowest BCUT2D eigenvalue weighted by atomic mass is 10.2. The standard InChI is InChI=1S/C13H12ClFN4O/c14-12-16-11(9-3-1-2-4-10(9)15)17-13(18-12)19-5-7-20-8-6-19/h1-4H,5-8H2. The van der Waals surface area contributed by atoms with Crippen molar-refractivity contribution in [1.29, 1.82) is 0 Å². The van der Waals surface area contributed by atoms with Crippen molar-refractivity contribution in [3.63, 3.8) is 0 Å². The number of hydrogen-bond donors (Lipinski definition) is 0. The minimum atomic E-state index is -0.386. The second kappa shape index (κ2) is 5.68. The largest absolute Gasteiger partial charge is 0.378 e. The maximum absolute atomic E-state index is 13.8. The molecule has 1 aliphatic heterocycles. The van der Waals surface area contributed by atoms with Gasteiger partial charge in [-0.15, -0.1) is 0 Å². The van der Waals surface area contributed by atoms with Crippen molar-refractivity contribution in [2.75, 3.05) is 31.2 Å². The third-order valence-electron chi connectivity index (χ3n) is 3.01. The van der Waals surface area contributed by atoms with Crippen molar-refractivity contribution in [3.05, 3.63) is 35.4 Å². The number of anilines is 1. The van der Waals surface area contributed by atoms with E-state index in [9.17, 15) is 4.39 Å². The Morgan fingerprint density at radius 2 is 1.85 bits per heavy atom. The van der Waals surface area contributed by atoms with Gasteiger partial charge in [-0.2, -0.15) is 15.0 Å². The van der Waals surface area contributed by atoms with Crippen LogP contribution >= 0.6 is 11.6 Å². The van der Waals surface area contributed by atoms with Gasteiger partial charge >= 0.3 is 0 Å². The molecule has 0 N–H and O–H groups in total. The fourth-order valence-electron chi connectivity index (χ4n) is 2.01. The van der Waals surface area contributed by atoms with E-state index in [-0.39, 0.29) is 16.9 Å². The molecule has 1 saturated heterocycles. The Hall–Kier alpha value is -1.79. The Kier molecular flexibility index (Phi) is 3.75. The Morgan fingerprint density at radius 3 is 2.60 bits per heavy atom. The van der Waals surface area contributed by atoms with Crippen molar-refractivity contribution >= 4 is 17.5 Å². The number of hydrogen-bond acceptors (Lipinski definition) is 5. The zero-order valence-electron chi connectivity index (χ0n) is 10.6. The first-order chi connectivity index (χ1) is 9.74. The molecule has 5 nitrogen and oxygen atoms in total. The predicted molar refractivity (Wildman–Crippen MR) is 73.3 cm³/mol. The molecule has 0 bridgehead atoms. The summed E-state index contributed by atoms with van der Waals surface area (Å²) in [7, 11) is 0. The van der Waals surface area contributed by atoms with Gasteiger partial charge in [-0.05, 0) is 23.7 Å². The monoisotopic (exact) mass is 294 g/mol. The summed E-state index contributed by atoms with van der Waals surface area (Å²) in [6.45, 7) is 2.57. The molecule has 104 valence electrons. The van der Waals surface area contributed by atoms with Crippen LogP contribution in [0.15, 0.2) is 24.3 Å². The SMILES string of the molecule is Fc1ccccc1-c1nc(Cl)nc(N2CCOCC2)n1. The summed E-state index contributed by atoms with van der Waals surface area (Å²) in [5.74, 6) is 0.304. The van der Waals surface area contributed by atoms with Gasteiger partial charge in [0.2, 0.25) is 11.2 Å². The molecule has 2 heterocycles. The first-order valence-corrected chi connectivity index (χ1v) is 6.61. The van der Waals surface area contributed by atoms with Crippen LogP contribution in [0.2, 0.25) is 5.28 Å². The maximum atomic E-state index is 13.8. The van der Waals surface area contributed by atoms with Crippen LogP contribution in [0.4, 0.5) is 10.3 Å². The van der Waals surface area contributed by atoms with Crippen LogP contribution in [0.5, 0.6) is 0 Å². The zero-order valence-corrected chi connectivity index (χ0v) is 11.3. The quantitative estimate of drug-likeness (QED) is 0.849. The normalized spacial score (nSPS) is 15.4. The van der Waals surface area contributed by atoms with Crippen molar-refractivity contribution in [2.24, 2.45) is 0 Å². The van der Waals surface area contributed by atoms with Gasteiger partial charge in [0, 0.05) is 13.1 Å². The fraction of sp³-hybridized carbons (Fsp3) is 0.308. The van der Waals surface area contributed by atoms with Crippen molar-refractivity contribution in [1.82, 2.24) is 15.0 Å². The zero-order chi connectivity index (χ0) is 13.9. The molecule has 20 heavy (non-hydrogen) atoms. The second-order valence-electron chi connectivity index (χ2n) is 4.31. The first-order valence-electron chi connectivity index (χ1n) is 6.23. The van der Waals surface area contributed by atoms with E-state index < -0.39 is 0 Å². The topological polar surface area (TPSA) is 51.1 Å². The van der Waals surface area contributed by atoms with Crippen LogP contribution in [-0.4, -0.2) is 41.3 Å². The Morgan fingerprint density at radius 1 is 1.10 bits per heavy atom. The van der Waals surface area contributed by atoms with Crippen molar-refractivity contribution in [2.45, 2.75) is 0 Å². The summed E-state index contributed by atoms with van der Waals surface area (Å²) in [6, 6.07) is 6.32. The maximum Gasteiger partial charge on any atom is 0.230 e. The van der Waals surface area contributed by atoms with Gasteiger partial charge in [-0.3, -0.25) is 0 Å². The predicted octanol–water partition coefficient (Wildman–Crippen LogP) is 2.17. The van der Waals surface area contributed by atoms with Gasteiger partial charge in [0.1, 0.15) is 5.82 Å². The summed E-state index contributed by atoms with van der Waals surface area (Å²) >= 11 is 5.93. The number of rotatable bonds is 2. The minimum Gasteiger partial charge on any atom is -0.378 e. The fourth-order valence-corrected chi connectivity index (χ4v) is 2.16. The van der Waals surface area contributed by atoms with Crippen LogP contribution in [0, 0.1) is 5.82 Å². The highest BCUT2D eigenvalue weighted by molar-refractivity contribution is 6.28. The molecule has 1 fully saturated rings. The highest BCUT2D eigenvalue weighted by Gasteiger charge is 2.17. The van der Waals surface area contributed by atoms with E-state index in [1.807, 2.05) is 4.90 Å². The average Bonchev–Trinajstić information content (AvgIpc) is 2.48. The van der Waals surface area contributed by atoms with Gasteiger partial charge in [-0.1, -0.05) is 12.1 Å². The van der Waals surface area contributed by atoms with Crippen LogP contribution in [0.25, 0.3) is 11.4 Å². The lowest BCUT2D eigenvalue weighted by Gasteiger charge is -2.26. The molecule has 0 amide bonds. The van der Waals surface area contributed by atoms with E-state index in [0.717, 1.165) is 0 Å². The Bertz CT molecular complexity index is 619. The molecule has 0 spiro atoms. The number of halogens is 2. The summed E-state index contributed by atoms with van der Waals surface area (Å²) < 4.78 is 19.1. The van der Waals surface area contributed by atoms with Crippen molar-refractivity contribution in [3.8, 4) is 11.4 Å². The molecule has 1 aromatic carbocycles. The molecule has 2 aromatic rings. The van der Waals surface area contributed by atoms with E-state index in [0.29, 0.717) is 37.8 Å². The van der Waals surface area contributed by atoms with Crippen LogP contribution in [0.3, 0.4) is 0 Å². The smallest absolute Gasteiger partial charge is 0.230 e. The molecule has 0 atom stereocenters. The number of nitrogens with zero attached hydrogens (tertiary/aromatic N) is 4. The third kappa shape index (κ3) is 2.71. The van der Waals surface area contributed by atoms with Crippen molar-refractivity contribution < 1.29 is 9.13 Å². The first kappa shape index (κ1) is 13.2. The molecule has 1 aromatic heterocycles. The molecule has 0 radical (unpaired) electrons. The minimum absolute atomic E-state index is 0.0553. The van der Waals surface area contributed by atoms with E-state index in [1.165, 1.54) is 6.07 Å². The van der Waals surface area contributed by atoms with Gasteiger partial charge in [0.25, 0.3) is 0 Å². The van der Waals surface area contributed by atoms with E-state index in [1.54, 1.807) is 18.2 Å². The molecule has 7 heteroatoms. The molecule has 0 saturated carbocycles. The van der Waals surface area contributed by atoms with E-state index in [4.69, 9.17) is 16.3 Å². The van der Waals surface area contributed by atoms with E-state index >= 15 is 0 Å². The summed E-state index contributed by atoms with van der Waals surface area (Å²) in [5, 5.41) is 0.0553. The molecule has 1 aliphatic rings. The molecule has 0 aliphatic carbocycles. The Balaban J connectivity index is 2.00. The lowest BCUT2D eigenvalue weighted by molar-refractivity contribution is 0.122. The molecular formula is C13H12ClFN4O. The number of ether oxygens (including phenoxy) is 1. The second-order valence-corrected chi connectivity index (χ2v) is 4.65. The average molecular weight is 295 g/mol. The van der Waals surface area contributed by atoms with Gasteiger partial charge < -0.3 is 9.64 Å². The molecule has 0 unspecified atom stereocenters. The summed E-state index contributed by atoms with van der Waals surface area (Å²) in [5.41, 5.74) is 0.311. The van der Waals surface area contributed by atoms with Crippen LogP contribution in [-0.2, 0) is 4.74 Å². The van der Waals surface area contributed by atoms with Gasteiger partial charge in [0.05, 0.1) is 18.8 Å². The van der Waals surface area contributed by atoms with Gasteiger partial charge in [0.15, 0.2) is 5.82 Å². The molecular weight excluding hydrogens is 283 g/mol. The number of aromatic nitrogens is 3. The summed E-state index contributed by atoms with van der Waals surface area (Å²) in [6.07, 6.45) is 0. The van der Waals surface area contributed by atoms with E-state index in [2.05, 4.69) is 15.0 Å². The number of benzene rings is 1. The Labute approximate surface area is 120 Å². The van der Waals surface area contributed by atoms with Crippen LogP contribution in [0.1, 0.15) is 0 Å². The van der Waals surface area contributed by atoms with Crippen LogP contribution < -0.4 is 4.90 Å². The summed E-state index contributed by atoms with van der Waals surface area (Å²) in [4.78, 5) is 14.4. The lowest BCUT2D eigenvalue weighted by Crippen LogP contribution is -2.37. The number of morpholine rings is 1. The highest BCUT2D eigenvalue weighted by Crippen LogP contribution is 2.22. The third-order valence-corrected chi connectivity index (χ3v) is 3.17. The molecule has 3 rings (SSSR count). The highest BCUT2D eigenvalue weighted by atomic mass is 35.5.